The fourth-order valence-electron chi connectivity index (χ4n) is 1.70. The summed E-state index contributed by atoms with van der Waals surface area (Å²) < 4.78 is 22.7. The number of hydrogen-bond donors (Lipinski definition) is 2. The summed E-state index contributed by atoms with van der Waals surface area (Å²) in [4.78, 5) is 0. The molecular formula is C10H22N2O2S. The van der Waals surface area contributed by atoms with Gasteiger partial charge in [0.1, 0.15) is 0 Å². The van der Waals surface area contributed by atoms with Crippen LogP contribution >= 0.6 is 0 Å². The van der Waals surface area contributed by atoms with Crippen LogP contribution in [-0.4, -0.2) is 45.1 Å². The summed E-state index contributed by atoms with van der Waals surface area (Å²) in [6, 6.07) is 0.658. The molecule has 2 atom stereocenters. The lowest BCUT2D eigenvalue weighted by atomic mass is 10.2. The van der Waals surface area contributed by atoms with Crippen LogP contribution in [0.1, 0.15) is 26.7 Å². The molecule has 0 aromatic carbocycles. The van der Waals surface area contributed by atoms with E-state index >= 15 is 0 Å². The second-order valence-electron chi connectivity index (χ2n) is 4.32. The molecule has 5 heteroatoms. The van der Waals surface area contributed by atoms with Crippen molar-refractivity contribution in [1.82, 2.24) is 10.6 Å². The maximum Gasteiger partial charge on any atom is 0.153 e. The van der Waals surface area contributed by atoms with Crippen LogP contribution in [-0.2, 0) is 9.84 Å². The third-order valence-corrected chi connectivity index (χ3v) is 4.64. The molecule has 4 nitrogen and oxygen atoms in total. The van der Waals surface area contributed by atoms with Gasteiger partial charge in [-0.15, -0.1) is 0 Å². The second kappa shape index (κ2) is 5.82. The normalized spacial score (nSPS) is 27.5. The van der Waals surface area contributed by atoms with Crippen LogP contribution in [0.15, 0.2) is 0 Å². The molecule has 1 saturated heterocycles. The molecule has 1 fully saturated rings. The first-order valence-electron chi connectivity index (χ1n) is 5.70. The number of nitrogens with one attached hydrogen (secondary N) is 2. The van der Waals surface area contributed by atoms with Crippen molar-refractivity contribution in [3.05, 3.63) is 0 Å². The van der Waals surface area contributed by atoms with Gasteiger partial charge >= 0.3 is 0 Å². The molecule has 1 aliphatic rings. The van der Waals surface area contributed by atoms with E-state index in [-0.39, 0.29) is 6.04 Å². The smallest absolute Gasteiger partial charge is 0.153 e. The first kappa shape index (κ1) is 12.9. The predicted molar refractivity (Wildman–Crippen MR) is 62.8 cm³/mol. The molecule has 0 aliphatic carbocycles. The van der Waals surface area contributed by atoms with Crippen LogP contribution < -0.4 is 10.6 Å². The maximum atomic E-state index is 11.4. The van der Waals surface area contributed by atoms with Crippen molar-refractivity contribution in [2.45, 2.75) is 38.8 Å². The van der Waals surface area contributed by atoms with E-state index in [1.165, 1.54) is 0 Å². The first-order valence-corrected chi connectivity index (χ1v) is 7.53. The van der Waals surface area contributed by atoms with Gasteiger partial charge < -0.3 is 10.6 Å². The van der Waals surface area contributed by atoms with Gasteiger partial charge in [-0.1, -0.05) is 6.92 Å². The van der Waals surface area contributed by atoms with Gasteiger partial charge in [0.05, 0.1) is 11.5 Å². The summed E-state index contributed by atoms with van der Waals surface area (Å²) in [5.41, 5.74) is 0. The Hall–Kier alpha value is -0.130. The van der Waals surface area contributed by atoms with E-state index < -0.39 is 9.84 Å². The molecule has 0 spiro atoms. The largest absolute Gasteiger partial charge is 0.314 e. The van der Waals surface area contributed by atoms with Crippen molar-refractivity contribution in [3.8, 4) is 0 Å². The Kier molecular flexibility index (Phi) is 5.02. The van der Waals surface area contributed by atoms with Gasteiger partial charge in [0.15, 0.2) is 9.84 Å². The maximum absolute atomic E-state index is 11.4. The van der Waals surface area contributed by atoms with Gasteiger partial charge in [0.2, 0.25) is 0 Å². The molecule has 1 rings (SSSR count). The molecule has 0 saturated carbocycles. The Labute approximate surface area is 92.7 Å². The molecule has 1 aliphatic heterocycles. The lowest BCUT2D eigenvalue weighted by Crippen LogP contribution is -2.46. The summed E-state index contributed by atoms with van der Waals surface area (Å²) in [6.45, 7) is 5.78. The predicted octanol–water partition coefficient (Wildman–Crippen LogP) is 0.151. The van der Waals surface area contributed by atoms with Gasteiger partial charge in [-0.2, -0.15) is 0 Å². The molecule has 0 aromatic rings. The van der Waals surface area contributed by atoms with Crippen LogP contribution in [0.3, 0.4) is 0 Å². The van der Waals surface area contributed by atoms with Crippen molar-refractivity contribution in [2.75, 3.05) is 24.6 Å². The van der Waals surface area contributed by atoms with Crippen molar-refractivity contribution in [1.29, 1.82) is 0 Å². The van der Waals surface area contributed by atoms with Crippen LogP contribution in [0.4, 0.5) is 0 Å². The fraction of sp³-hybridized carbons (Fsp3) is 1.00. The third kappa shape index (κ3) is 4.95. The average Bonchev–Trinajstić information content (AvgIpc) is 2.16. The SMILES string of the molecule is CCC(C)NCCC1CS(=O)(=O)CCN1. The molecule has 0 radical (unpaired) electrons. The van der Waals surface area contributed by atoms with Gasteiger partial charge in [0, 0.05) is 18.6 Å². The molecular weight excluding hydrogens is 212 g/mol. The monoisotopic (exact) mass is 234 g/mol. The third-order valence-electron chi connectivity index (χ3n) is 2.90. The van der Waals surface area contributed by atoms with Gasteiger partial charge in [-0.25, -0.2) is 8.42 Å². The molecule has 2 unspecified atom stereocenters. The Morgan fingerprint density at radius 2 is 2.27 bits per heavy atom. The average molecular weight is 234 g/mol. The molecule has 15 heavy (non-hydrogen) atoms. The lowest BCUT2D eigenvalue weighted by Gasteiger charge is -2.24. The lowest BCUT2D eigenvalue weighted by molar-refractivity contribution is 0.454. The van der Waals surface area contributed by atoms with Crippen molar-refractivity contribution in [3.63, 3.8) is 0 Å². The van der Waals surface area contributed by atoms with E-state index in [1.54, 1.807) is 0 Å². The van der Waals surface area contributed by atoms with Gasteiger partial charge in [0.25, 0.3) is 0 Å². The highest BCUT2D eigenvalue weighted by Crippen LogP contribution is 2.04. The van der Waals surface area contributed by atoms with E-state index in [1.807, 2.05) is 0 Å². The molecule has 2 N–H and O–H groups in total. The van der Waals surface area contributed by atoms with E-state index in [0.29, 0.717) is 24.1 Å². The Morgan fingerprint density at radius 3 is 2.87 bits per heavy atom. The second-order valence-corrected chi connectivity index (χ2v) is 6.55. The summed E-state index contributed by atoms with van der Waals surface area (Å²) >= 11 is 0. The highest BCUT2D eigenvalue weighted by Gasteiger charge is 2.23. The summed E-state index contributed by atoms with van der Waals surface area (Å²) in [5, 5.41) is 6.62. The Bertz CT molecular complexity index is 277. The van der Waals surface area contributed by atoms with Crippen LogP contribution in [0, 0.1) is 0 Å². The minimum Gasteiger partial charge on any atom is -0.314 e. The van der Waals surface area contributed by atoms with E-state index in [2.05, 4.69) is 24.5 Å². The van der Waals surface area contributed by atoms with Crippen molar-refractivity contribution < 1.29 is 8.42 Å². The van der Waals surface area contributed by atoms with Gasteiger partial charge in [-0.05, 0) is 26.3 Å². The number of sulfone groups is 1. The minimum absolute atomic E-state index is 0.139. The zero-order chi connectivity index (χ0) is 11.3. The van der Waals surface area contributed by atoms with Crippen molar-refractivity contribution >= 4 is 9.84 Å². The molecule has 1 heterocycles. The highest BCUT2D eigenvalue weighted by molar-refractivity contribution is 7.91. The van der Waals surface area contributed by atoms with Crippen LogP contribution in [0.2, 0.25) is 0 Å². The summed E-state index contributed by atoms with van der Waals surface area (Å²) in [7, 11) is -2.78. The highest BCUT2D eigenvalue weighted by atomic mass is 32.2. The zero-order valence-corrected chi connectivity index (χ0v) is 10.4. The molecule has 90 valence electrons. The molecule has 0 amide bonds. The summed E-state index contributed by atoms with van der Waals surface area (Å²) in [5.74, 6) is 0.595. The fourth-order valence-corrected chi connectivity index (χ4v) is 3.19. The minimum atomic E-state index is -2.78. The van der Waals surface area contributed by atoms with E-state index in [0.717, 1.165) is 19.4 Å². The molecule has 0 bridgehead atoms. The quantitative estimate of drug-likeness (QED) is 0.711. The van der Waals surface area contributed by atoms with E-state index in [9.17, 15) is 8.42 Å². The van der Waals surface area contributed by atoms with Crippen LogP contribution in [0.25, 0.3) is 0 Å². The van der Waals surface area contributed by atoms with Crippen molar-refractivity contribution in [2.24, 2.45) is 0 Å². The van der Waals surface area contributed by atoms with E-state index in [4.69, 9.17) is 0 Å². The Balaban J connectivity index is 2.22. The topological polar surface area (TPSA) is 58.2 Å². The first-order chi connectivity index (χ1) is 7.03. The number of hydrogen-bond acceptors (Lipinski definition) is 4. The van der Waals surface area contributed by atoms with Gasteiger partial charge in [-0.3, -0.25) is 0 Å². The standard InChI is InChI=1S/C10H22N2O2S/c1-3-9(2)11-5-4-10-8-15(13,14)7-6-12-10/h9-12H,3-8H2,1-2H3. The molecule has 0 aromatic heterocycles. The van der Waals surface area contributed by atoms with Crippen LogP contribution in [0.5, 0.6) is 0 Å². The number of rotatable bonds is 5. The zero-order valence-electron chi connectivity index (χ0n) is 9.62. The Morgan fingerprint density at radius 1 is 1.53 bits per heavy atom. The summed E-state index contributed by atoms with van der Waals surface area (Å²) in [6.07, 6.45) is 2.00.